The summed E-state index contributed by atoms with van der Waals surface area (Å²) in [6.45, 7) is 1.91. The third-order valence-corrected chi connectivity index (χ3v) is 3.39. The van der Waals surface area contributed by atoms with Crippen molar-refractivity contribution in [2.75, 3.05) is 7.11 Å². The molecule has 2 aromatic rings. The first-order chi connectivity index (χ1) is 9.11. The molecule has 1 atom stereocenters. The van der Waals surface area contributed by atoms with Crippen molar-refractivity contribution in [3.63, 3.8) is 0 Å². The zero-order chi connectivity index (χ0) is 13.8. The Bertz CT molecular complexity index is 566. The van der Waals surface area contributed by atoms with Gasteiger partial charge in [0.15, 0.2) is 5.76 Å². The number of ether oxygens (including phenoxy) is 1. The van der Waals surface area contributed by atoms with E-state index in [1.807, 2.05) is 25.1 Å². The van der Waals surface area contributed by atoms with E-state index >= 15 is 0 Å². The smallest absolute Gasteiger partial charge is 0.287 e. The highest BCUT2D eigenvalue weighted by Crippen LogP contribution is 2.28. The standard InChI is InChI=1S/C14H14BrNO3/c1-9(16-14(17)13-4-3-7-19-13)10-5-6-12(18-2)11(15)8-10/h3-9H,1-2H3,(H,16,17). The van der Waals surface area contributed by atoms with Gasteiger partial charge in [0.1, 0.15) is 5.75 Å². The number of furan rings is 1. The van der Waals surface area contributed by atoms with E-state index in [9.17, 15) is 4.79 Å². The van der Waals surface area contributed by atoms with E-state index in [1.165, 1.54) is 6.26 Å². The first-order valence-electron chi connectivity index (χ1n) is 5.79. The van der Waals surface area contributed by atoms with Gasteiger partial charge in [-0.2, -0.15) is 0 Å². The SMILES string of the molecule is COc1ccc(C(C)NC(=O)c2ccco2)cc1Br. The van der Waals surface area contributed by atoms with Crippen molar-refractivity contribution in [2.45, 2.75) is 13.0 Å². The number of hydrogen-bond acceptors (Lipinski definition) is 3. The molecule has 1 unspecified atom stereocenters. The molecule has 1 aromatic heterocycles. The quantitative estimate of drug-likeness (QED) is 0.936. The summed E-state index contributed by atoms with van der Waals surface area (Å²) in [6.07, 6.45) is 1.48. The van der Waals surface area contributed by atoms with Crippen LogP contribution in [0.15, 0.2) is 45.5 Å². The number of hydrogen-bond donors (Lipinski definition) is 1. The van der Waals surface area contributed by atoms with Gasteiger partial charge >= 0.3 is 0 Å². The lowest BCUT2D eigenvalue weighted by Gasteiger charge is -2.14. The van der Waals surface area contributed by atoms with Crippen LogP contribution in [0.3, 0.4) is 0 Å². The highest BCUT2D eigenvalue weighted by atomic mass is 79.9. The van der Waals surface area contributed by atoms with E-state index in [4.69, 9.17) is 9.15 Å². The van der Waals surface area contributed by atoms with Gasteiger partial charge in [0, 0.05) is 0 Å². The summed E-state index contributed by atoms with van der Waals surface area (Å²) in [5.41, 5.74) is 0.979. The van der Waals surface area contributed by atoms with E-state index < -0.39 is 0 Å². The van der Waals surface area contributed by atoms with Gasteiger partial charge in [0.2, 0.25) is 0 Å². The zero-order valence-corrected chi connectivity index (χ0v) is 12.2. The second-order valence-corrected chi connectivity index (χ2v) is 4.92. The Hall–Kier alpha value is -1.75. The fraction of sp³-hybridized carbons (Fsp3) is 0.214. The van der Waals surface area contributed by atoms with Crippen LogP contribution in [0.25, 0.3) is 0 Å². The molecule has 5 heteroatoms. The molecule has 0 aliphatic carbocycles. The molecule has 0 radical (unpaired) electrons. The Morgan fingerprint density at radius 2 is 2.21 bits per heavy atom. The Labute approximate surface area is 119 Å². The summed E-state index contributed by atoms with van der Waals surface area (Å²) in [6, 6.07) is 8.88. The van der Waals surface area contributed by atoms with Crippen molar-refractivity contribution in [3.8, 4) is 5.75 Å². The Kier molecular flexibility index (Phi) is 4.27. The molecule has 1 amide bonds. The number of carbonyl (C=O) groups excluding carboxylic acids is 1. The van der Waals surface area contributed by atoms with Crippen LogP contribution in [0.5, 0.6) is 5.75 Å². The first-order valence-corrected chi connectivity index (χ1v) is 6.59. The average molecular weight is 324 g/mol. The lowest BCUT2D eigenvalue weighted by Crippen LogP contribution is -2.26. The van der Waals surface area contributed by atoms with Crippen molar-refractivity contribution in [2.24, 2.45) is 0 Å². The maximum absolute atomic E-state index is 11.9. The highest BCUT2D eigenvalue weighted by Gasteiger charge is 2.14. The molecule has 0 saturated heterocycles. The number of rotatable bonds is 4. The number of methoxy groups -OCH3 is 1. The van der Waals surface area contributed by atoms with Gasteiger partial charge in [0.05, 0.1) is 23.9 Å². The summed E-state index contributed by atoms with van der Waals surface area (Å²) < 4.78 is 11.1. The maximum atomic E-state index is 11.9. The number of benzene rings is 1. The van der Waals surface area contributed by atoms with Gasteiger partial charge in [-0.05, 0) is 52.7 Å². The van der Waals surface area contributed by atoms with E-state index in [0.717, 1.165) is 15.8 Å². The normalized spacial score (nSPS) is 11.9. The van der Waals surface area contributed by atoms with Crippen molar-refractivity contribution in [1.29, 1.82) is 0 Å². The van der Waals surface area contributed by atoms with Crippen molar-refractivity contribution >= 4 is 21.8 Å². The van der Waals surface area contributed by atoms with Crippen LogP contribution in [0.4, 0.5) is 0 Å². The summed E-state index contributed by atoms with van der Waals surface area (Å²) in [5, 5.41) is 2.87. The van der Waals surface area contributed by atoms with Crippen molar-refractivity contribution in [1.82, 2.24) is 5.32 Å². The van der Waals surface area contributed by atoms with Gasteiger partial charge in [-0.15, -0.1) is 0 Å². The van der Waals surface area contributed by atoms with E-state index in [-0.39, 0.29) is 11.9 Å². The minimum Gasteiger partial charge on any atom is -0.496 e. The van der Waals surface area contributed by atoms with Crippen molar-refractivity contribution in [3.05, 3.63) is 52.4 Å². The summed E-state index contributed by atoms with van der Waals surface area (Å²) in [5.74, 6) is 0.831. The van der Waals surface area contributed by atoms with Crippen LogP contribution < -0.4 is 10.1 Å². The topological polar surface area (TPSA) is 51.5 Å². The van der Waals surface area contributed by atoms with Crippen LogP contribution in [0.2, 0.25) is 0 Å². The first kappa shape index (κ1) is 13.7. The van der Waals surface area contributed by atoms with Crippen LogP contribution in [-0.2, 0) is 0 Å². The minimum atomic E-state index is -0.232. The third-order valence-electron chi connectivity index (χ3n) is 2.77. The molecule has 1 heterocycles. The molecule has 100 valence electrons. The Morgan fingerprint density at radius 3 is 2.79 bits per heavy atom. The molecule has 0 spiro atoms. The fourth-order valence-corrected chi connectivity index (χ4v) is 2.27. The number of nitrogens with one attached hydrogen (secondary N) is 1. The molecule has 4 nitrogen and oxygen atoms in total. The monoisotopic (exact) mass is 323 g/mol. The maximum Gasteiger partial charge on any atom is 0.287 e. The van der Waals surface area contributed by atoms with Crippen LogP contribution in [0.1, 0.15) is 29.1 Å². The van der Waals surface area contributed by atoms with Gasteiger partial charge in [-0.25, -0.2) is 0 Å². The van der Waals surface area contributed by atoms with E-state index in [0.29, 0.717) is 5.76 Å². The average Bonchev–Trinajstić information content (AvgIpc) is 2.92. The number of carbonyl (C=O) groups is 1. The molecule has 19 heavy (non-hydrogen) atoms. The minimum absolute atomic E-state index is 0.125. The predicted molar refractivity (Wildman–Crippen MR) is 75.3 cm³/mol. The molecule has 0 aliphatic rings. The molecule has 0 bridgehead atoms. The second-order valence-electron chi connectivity index (χ2n) is 4.07. The molecule has 0 saturated carbocycles. The lowest BCUT2D eigenvalue weighted by molar-refractivity contribution is 0.0912. The van der Waals surface area contributed by atoms with Crippen molar-refractivity contribution < 1.29 is 13.9 Å². The van der Waals surface area contributed by atoms with Gasteiger partial charge in [-0.3, -0.25) is 4.79 Å². The molecule has 0 aliphatic heterocycles. The Morgan fingerprint density at radius 1 is 1.42 bits per heavy atom. The lowest BCUT2D eigenvalue weighted by atomic mass is 10.1. The van der Waals surface area contributed by atoms with Gasteiger partial charge in [-0.1, -0.05) is 6.07 Å². The molecule has 2 rings (SSSR count). The second kappa shape index (κ2) is 5.93. The van der Waals surface area contributed by atoms with Gasteiger partial charge in [0.25, 0.3) is 5.91 Å². The zero-order valence-electron chi connectivity index (χ0n) is 10.6. The predicted octanol–water partition coefficient (Wildman–Crippen LogP) is 3.54. The Balaban J connectivity index is 2.09. The van der Waals surface area contributed by atoms with Crippen LogP contribution in [-0.4, -0.2) is 13.0 Å². The largest absolute Gasteiger partial charge is 0.496 e. The van der Waals surface area contributed by atoms with E-state index in [2.05, 4.69) is 21.2 Å². The molecule has 1 aromatic carbocycles. The summed E-state index contributed by atoms with van der Waals surface area (Å²) >= 11 is 3.42. The number of halogens is 1. The molecular weight excluding hydrogens is 310 g/mol. The fourth-order valence-electron chi connectivity index (χ4n) is 1.71. The van der Waals surface area contributed by atoms with E-state index in [1.54, 1.807) is 19.2 Å². The summed E-state index contributed by atoms with van der Waals surface area (Å²) in [4.78, 5) is 11.9. The molecular formula is C14H14BrNO3. The van der Waals surface area contributed by atoms with Crippen LogP contribution in [0, 0.1) is 0 Å². The highest BCUT2D eigenvalue weighted by molar-refractivity contribution is 9.10. The molecule has 0 fully saturated rings. The summed E-state index contributed by atoms with van der Waals surface area (Å²) in [7, 11) is 1.61. The number of amides is 1. The molecule has 1 N–H and O–H groups in total. The van der Waals surface area contributed by atoms with Crippen LogP contribution >= 0.6 is 15.9 Å². The van der Waals surface area contributed by atoms with Gasteiger partial charge < -0.3 is 14.5 Å². The third kappa shape index (κ3) is 3.17.